The number of hydrogen-bond donors (Lipinski definition) is 14. The molecule has 0 saturated carbocycles. The number of nitrogens with one attached hydrogen (secondary N) is 4. The fourth-order valence-electron chi connectivity index (χ4n) is 7.72. The average molecular weight is 958 g/mol. The summed E-state index contributed by atoms with van der Waals surface area (Å²) in [5, 5.41) is 104. The Morgan fingerprint density at radius 2 is 1.37 bits per heavy atom. The quantitative estimate of drug-likeness (QED) is 0.0551. The van der Waals surface area contributed by atoms with E-state index in [1.807, 2.05) is 0 Å². The van der Waals surface area contributed by atoms with Crippen molar-refractivity contribution in [2.75, 3.05) is 19.7 Å². The molecule has 0 aliphatic carbocycles. The van der Waals surface area contributed by atoms with Gasteiger partial charge in [-0.25, -0.2) is 0 Å². The normalized spacial score (nSPS) is 22.9. The Kier molecular flexibility index (Phi) is 19.1. The van der Waals surface area contributed by atoms with Crippen LogP contribution in [0, 0.1) is 17.9 Å². The van der Waals surface area contributed by atoms with E-state index in [1.165, 1.54) is 43.3 Å². The summed E-state index contributed by atoms with van der Waals surface area (Å²) < 4.78 is 5.16. The van der Waals surface area contributed by atoms with Gasteiger partial charge in [-0.1, -0.05) is 25.0 Å². The fraction of sp³-hybridized carbons (Fsp3) is 0.523. The molecule has 0 aromatic heterocycles. The molecule has 2 aromatic carbocycles. The molecule has 4 unspecified atom stereocenters. The largest absolute Gasteiger partial charge is 0.508 e. The zero-order valence-electron chi connectivity index (χ0n) is 37.5. The highest BCUT2D eigenvalue weighted by atomic mass is 16.5. The maximum absolute atomic E-state index is 14.2. The van der Waals surface area contributed by atoms with Crippen LogP contribution in [0.15, 0.2) is 48.5 Å². The Morgan fingerprint density at radius 3 is 1.91 bits per heavy atom. The highest BCUT2D eigenvalue weighted by Crippen LogP contribution is 2.27. The van der Waals surface area contributed by atoms with E-state index in [0.29, 0.717) is 5.75 Å². The molecular formula is C44H59N7O17. The summed E-state index contributed by atoms with van der Waals surface area (Å²) in [4.78, 5) is 97.2. The molecule has 2 aliphatic rings. The molecule has 2 aliphatic heterocycles. The number of benzene rings is 2. The van der Waals surface area contributed by atoms with Gasteiger partial charge < -0.3 is 87.5 Å². The van der Waals surface area contributed by atoms with Crippen LogP contribution in [0.2, 0.25) is 0 Å². The summed E-state index contributed by atoms with van der Waals surface area (Å²) >= 11 is 0. The number of β-amino-alcohol motifs (C(OH)–C–C–N with tert-alkyl or cyclic N) is 1. The van der Waals surface area contributed by atoms with Crippen molar-refractivity contribution in [1.82, 2.24) is 31.1 Å². The molecule has 24 heteroatoms. The molecule has 0 spiro atoms. The fourth-order valence-corrected chi connectivity index (χ4v) is 7.72. The predicted octanol–water partition coefficient (Wildman–Crippen LogP) is -5.44. The van der Waals surface area contributed by atoms with Gasteiger partial charge in [-0.2, -0.15) is 0 Å². The first-order valence-corrected chi connectivity index (χ1v) is 21.5. The Hall–Kier alpha value is -6.43. The smallest absolute Gasteiger partial charge is 0.251 e. The topological polar surface area (TPSA) is 391 Å². The van der Waals surface area contributed by atoms with Crippen LogP contribution < -0.4 is 31.7 Å². The van der Waals surface area contributed by atoms with Gasteiger partial charge in [0.05, 0.1) is 37.1 Å². The lowest BCUT2D eigenvalue weighted by Gasteiger charge is -2.34. The van der Waals surface area contributed by atoms with Crippen LogP contribution in [0.5, 0.6) is 11.5 Å². The molecule has 0 bridgehead atoms. The Balaban J connectivity index is 1.61. The molecular weight excluding hydrogens is 899 g/mol. The summed E-state index contributed by atoms with van der Waals surface area (Å²) in [6, 6.07) is -0.778. The number of aromatic hydroxyl groups is 1. The van der Waals surface area contributed by atoms with Crippen LogP contribution in [0.25, 0.3) is 0 Å². The lowest BCUT2D eigenvalue weighted by atomic mass is 9.96. The van der Waals surface area contributed by atoms with Crippen LogP contribution in [0.4, 0.5) is 0 Å². The summed E-state index contributed by atoms with van der Waals surface area (Å²) in [6.07, 6.45) is -10.8. The van der Waals surface area contributed by atoms with Crippen molar-refractivity contribution in [3.63, 3.8) is 0 Å². The second-order valence-corrected chi connectivity index (χ2v) is 16.7. The molecule has 4 rings (SSSR count). The van der Waals surface area contributed by atoms with Gasteiger partial charge in [-0.15, -0.1) is 0 Å². The van der Waals surface area contributed by atoms with Crippen molar-refractivity contribution in [2.45, 2.75) is 120 Å². The van der Waals surface area contributed by atoms with Gasteiger partial charge in [0.2, 0.25) is 35.4 Å². The molecule has 2 heterocycles. The molecule has 15 N–H and O–H groups in total. The third kappa shape index (κ3) is 13.4. The number of phenols is 1. The van der Waals surface area contributed by atoms with Crippen LogP contribution in [0.3, 0.4) is 0 Å². The highest BCUT2D eigenvalue weighted by molar-refractivity contribution is 6.00. The van der Waals surface area contributed by atoms with Gasteiger partial charge in [0.15, 0.2) is 0 Å². The van der Waals surface area contributed by atoms with E-state index >= 15 is 0 Å². The number of carbonyl (C=O) groups excluding carboxylic acids is 7. The predicted molar refractivity (Wildman–Crippen MR) is 234 cm³/mol. The van der Waals surface area contributed by atoms with Gasteiger partial charge in [-0.3, -0.25) is 33.6 Å². The summed E-state index contributed by atoms with van der Waals surface area (Å²) in [5.41, 5.74) is 5.41. The zero-order chi connectivity index (χ0) is 50.7. The average Bonchev–Trinajstić information content (AvgIpc) is 3.85. The van der Waals surface area contributed by atoms with Crippen LogP contribution in [0.1, 0.15) is 62.6 Å². The lowest BCUT2D eigenvalue weighted by molar-refractivity contribution is -0.147. The number of phenolic OH excluding ortho intramolecular Hbond substituents is 1. The molecule has 14 atom stereocenters. The van der Waals surface area contributed by atoms with Gasteiger partial charge in [0.1, 0.15) is 66.1 Å². The monoisotopic (exact) mass is 957 g/mol. The first-order chi connectivity index (χ1) is 32.0. The maximum Gasteiger partial charge on any atom is 0.251 e. The van der Waals surface area contributed by atoms with E-state index in [2.05, 4.69) is 33.3 Å². The van der Waals surface area contributed by atoms with E-state index in [9.17, 15) is 79.5 Å². The molecule has 2 saturated heterocycles. The number of likely N-dealkylation sites (tertiary alicyclic amines) is 2. The van der Waals surface area contributed by atoms with E-state index < -0.39 is 152 Å². The number of nitrogens with two attached hydrogens (primary N) is 1. The van der Waals surface area contributed by atoms with Crippen LogP contribution in [-0.2, 0) is 28.8 Å². The highest BCUT2D eigenvalue weighted by Gasteiger charge is 2.49. The van der Waals surface area contributed by atoms with Crippen molar-refractivity contribution >= 4 is 41.4 Å². The van der Waals surface area contributed by atoms with E-state index in [4.69, 9.17) is 10.5 Å². The van der Waals surface area contributed by atoms with Crippen molar-refractivity contribution in [3.8, 4) is 23.5 Å². The van der Waals surface area contributed by atoms with Crippen molar-refractivity contribution in [1.29, 1.82) is 0 Å². The van der Waals surface area contributed by atoms with Gasteiger partial charge in [0.25, 0.3) is 5.91 Å². The van der Waals surface area contributed by atoms with Crippen molar-refractivity contribution < 1.29 is 84.3 Å². The molecule has 7 amide bonds. The maximum atomic E-state index is 14.2. The minimum absolute atomic E-state index is 0.0274. The number of nitrogens with zero attached hydrogens (tertiary/aromatic N) is 2. The number of primary amides is 1. The Morgan fingerprint density at radius 1 is 0.794 bits per heavy atom. The zero-order valence-corrected chi connectivity index (χ0v) is 37.5. The number of aliphatic hydroxyl groups excluding tert-OH is 8. The van der Waals surface area contributed by atoms with Crippen molar-refractivity contribution in [3.05, 3.63) is 59.7 Å². The first kappa shape index (κ1) is 54.2. The molecule has 2 aromatic rings. The number of aliphatic hydroxyl groups is 8. The lowest BCUT2D eigenvalue weighted by Crippen LogP contribution is -2.64. The van der Waals surface area contributed by atoms with E-state index in [0.717, 1.165) is 35.8 Å². The summed E-state index contributed by atoms with van der Waals surface area (Å²) in [7, 11) is 0. The summed E-state index contributed by atoms with van der Waals surface area (Å²) in [6.45, 7) is 3.62. The van der Waals surface area contributed by atoms with Gasteiger partial charge in [0, 0.05) is 44.3 Å². The molecule has 68 heavy (non-hydrogen) atoms. The second kappa shape index (κ2) is 24.0. The Labute approximate surface area is 390 Å². The molecule has 2 fully saturated rings. The summed E-state index contributed by atoms with van der Waals surface area (Å²) in [5.74, 6) is -6.01. The van der Waals surface area contributed by atoms with Crippen LogP contribution >= 0.6 is 0 Å². The van der Waals surface area contributed by atoms with E-state index in [-0.39, 0.29) is 23.4 Å². The third-order valence-corrected chi connectivity index (χ3v) is 11.5. The van der Waals surface area contributed by atoms with Gasteiger partial charge in [-0.05, 0) is 55.8 Å². The second-order valence-electron chi connectivity index (χ2n) is 16.7. The number of carbonyl (C=O) groups is 7. The standard InChI is InChI=1S/C44H59N7O17/c1-5-14-68-28-12-8-24(9-13-28)39(62)46-29(15-27(57)19-52)40(63)47-31(21(3)53)43(66)50-18-26(56)16-30(50)41(64)49-33(37(60)36(59)23-6-10-25(55)11-7-23)42(65)48-32(22(4)54)44(67)51-17-20(2)35(58)34(51)38(45)61/h6-13,20-22,26-27,29-37,52-60H,15-19H2,1-4H3,(H2,45,61)(H,46,62)(H,47,63)(H,48,65)(H,49,64)/t20-,21?,22?,26+,27+,29?,30-,31-,32-,33-,34-,35-,36?,37-/m0/s1. The number of amides is 7. The minimum atomic E-state index is -2.29. The van der Waals surface area contributed by atoms with Crippen LogP contribution in [-0.4, -0.2) is 190 Å². The molecule has 0 radical (unpaired) electrons. The first-order valence-electron chi connectivity index (χ1n) is 21.5. The SMILES string of the molecule is CC#COc1ccc(C(=O)NC(C[C@@H](O)CO)C(=O)N[C@H](C(=O)N2C[C@H](O)C[C@H]2C(=O)N[C@H](C(=O)N[C@H](C(=O)N2C[C@H](C)[C@H](O)[C@H]2C(N)=O)C(C)O)[C@H](O)C(O)c2ccc(O)cc2)C(C)O)cc1. The number of ether oxygens (including phenoxy) is 1. The number of rotatable bonds is 20. The van der Waals surface area contributed by atoms with E-state index in [1.54, 1.807) is 6.92 Å². The number of hydrogen-bond acceptors (Lipinski definition) is 17. The van der Waals surface area contributed by atoms with Gasteiger partial charge >= 0.3 is 0 Å². The molecule has 24 nitrogen and oxygen atoms in total. The third-order valence-electron chi connectivity index (χ3n) is 11.5. The minimum Gasteiger partial charge on any atom is -0.508 e. The Bertz CT molecular complexity index is 2180. The molecule has 372 valence electrons. The van der Waals surface area contributed by atoms with Crippen molar-refractivity contribution in [2.24, 2.45) is 11.7 Å².